The van der Waals surface area contributed by atoms with Gasteiger partial charge in [-0.25, -0.2) is 4.79 Å². The first-order chi connectivity index (χ1) is 11.7. The third-order valence-corrected chi connectivity index (χ3v) is 4.27. The summed E-state index contributed by atoms with van der Waals surface area (Å²) in [6, 6.07) is 6.58. The number of nitrogens with zero attached hydrogens (tertiary/aromatic N) is 1. The van der Waals surface area contributed by atoms with Gasteiger partial charge in [0.2, 0.25) is 0 Å². The Morgan fingerprint density at radius 2 is 1.75 bits per heavy atom. The van der Waals surface area contributed by atoms with Gasteiger partial charge in [-0.15, -0.1) is 0 Å². The molecule has 1 saturated carbocycles. The van der Waals surface area contributed by atoms with Crippen molar-refractivity contribution >= 4 is 17.4 Å². The molecule has 0 radical (unpaired) electrons. The Balaban J connectivity index is 1.68. The Kier molecular flexibility index (Phi) is 7.32. The molecule has 7 nitrogen and oxygen atoms in total. The van der Waals surface area contributed by atoms with E-state index in [-0.39, 0.29) is 17.8 Å². The summed E-state index contributed by atoms with van der Waals surface area (Å²) in [6.07, 6.45) is 8.23. The Labute approximate surface area is 142 Å². The second-order valence-corrected chi connectivity index (χ2v) is 6.14. The van der Waals surface area contributed by atoms with Crippen LogP contribution in [0.5, 0.6) is 0 Å². The van der Waals surface area contributed by atoms with Crippen LogP contribution in [0.15, 0.2) is 24.3 Å². The van der Waals surface area contributed by atoms with Crippen molar-refractivity contribution < 1.29 is 9.72 Å². The van der Waals surface area contributed by atoms with Gasteiger partial charge >= 0.3 is 6.03 Å². The van der Waals surface area contributed by atoms with E-state index in [0.29, 0.717) is 18.8 Å². The van der Waals surface area contributed by atoms with Gasteiger partial charge in [-0.2, -0.15) is 0 Å². The van der Waals surface area contributed by atoms with Crippen molar-refractivity contribution in [2.75, 3.05) is 18.4 Å². The molecule has 1 aromatic rings. The number of rotatable bonds is 6. The molecule has 0 saturated heterocycles. The Morgan fingerprint density at radius 1 is 1.08 bits per heavy atom. The summed E-state index contributed by atoms with van der Waals surface area (Å²) < 4.78 is 0. The fraction of sp³-hybridized carbons (Fsp3) is 0.588. The second kappa shape index (κ2) is 9.75. The molecular weight excluding hydrogens is 308 g/mol. The molecule has 3 N–H and O–H groups in total. The highest BCUT2D eigenvalue weighted by atomic mass is 16.6. The van der Waals surface area contributed by atoms with Gasteiger partial charge in [-0.3, -0.25) is 10.1 Å². The van der Waals surface area contributed by atoms with Crippen LogP contribution >= 0.6 is 0 Å². The normalized spacial score (nSPS) is 15.8. The lowest BCUT2D eigenvalue weighted by Gasteiger charge is -2.21. The summed E-state index contributed by atoms with van der Waals surface area (Å²) >= 11 is 0. The SMILES string of the molecule is O=C(NCCNc1ccccc1[N+](=O)[O-])NC1CCCCCCC1. The molecule has 0 unspecified atom stereocenters. The van der Waals surface area contributed by atoms with Gasteiger partial charge < -0.3 is 16.0 Å². The average molecular weight is 334 g/mol. The van der Waals surface area contributed by atoms with Crippen molar-refractivity contribution in [1.82, 2.24) is 10.6 Å². The molecule has 132 valence electrons. The van der Waals surface area contributed by atoms with E-state index in [2.05, 4.69) is 16.0 Å². The van der Waals surface area contributed by atoms with Gasteiger partial charge in [-0.05, 0) is 18.9 Å². The number of hydrogen-bond acceptors (Lipinski definition) is 4. The van der Waals surface area contributed by atoms with Crippen molar-refractivity contribution in [2.45, 2.75) is 51.0 Å². The van der Waals surface area contributed by atoms with E-state index in [1.165, 1.54) is 38.2 Å². The largest absolute Gasteiger partial charge is 0.378 e. The fourth-order valence-electron chi connectivity index (χ4n) is 2.99. The lowest BCUT2D eigenvalue weighted by atomic mass is 9.97. The molecule has 1 fully saturated rings. The average Bonchev–Trinajstić information content (AvgIpc) is 2.54. The number of nitrogens with one attached hydrogen (secondary N) is 3. The smallest absolute Gasteiger partial charge is 0.315 e. The Hall–Kier alpha value is -2.31. The van der Waals surface area contributed by atoms with Crippen LogP contribution in [0.1, 0.15) is 44.9 Å². The third-order valence-electron chi connectivity index (χ3n) is 4.27. The lowest BCUT2D eigenvalue weighted by molar-refractivity contribution is -0.384. The maximum Gasteiger partial charge on any atom is 0.315 e. The summed E-state index contributed by atoms with van der Waals surface area (Å²) in [5.74, 6) is 0. The first kappa shape index (κ1) is 18.0. The Morgan fingerprint density at radius 3 is 2.46 bits per heavy atom. The number of para-hydroxylation sites is 2. The molecule has 0 heterocycles. The molecule has 1 aromatic carbocycles. The van der Waals surface area contributed by atoms with Gasteiger partial charge in [-0.1, -0.05) is 44.2 Å². The van der Waals surface area contributed by atoms with Crippen LogP contribution in [0.25, 0.3) is 0 Å². The van der Waals surface area contributed by atoms with E-state index in [9.17, 15) is 14.9 Å². The molecule has 0 aromatic heterocycles. The number of urea groups is 1. The highest BCUT2D eigenvalue weighted by Crippen LogP contribution is 2.22. The van der Waals surface area contributed by atoms with E-state index >= 15 is 0 Å². The van der Waals surface area contributed by atoms with Crippen LogP contribution in [-0.2, 0) is 0 Å². The lowest BCUT2D eigenvalue weighted by Crippen LogP contribution is -2.43. The van der Waals surface area contributed by atoms with E-state index in [1.54, 1.807) is 18.2 Å². The van der Waals surface area contributed by atoms with Crippen molar-refractivity contribution in [3.05, 3.63) is 34.4 Å². The zero-order chi connectivity index (χ0) is 17.2. The van der Waals surface area contributed by atoms with E-state index < -0.39 is 4.92 Å². The van der Waals surface area contributed by atoms with Crippen molar-refractivity contribution in [2.24, 2.45) is 0 Å². The predicted octanol–water partition coefficient (Wildman–Crippen LogP) is 3.42. The van der Waals surface area contributed by atoms with Gasteiger partial charge in [0.15, 0.2) is 0 Å². The molecule has 7 heteroatoms. The topological polar surface area (TPSA) is 96.3 Å². The van der Waals surface area contributed by atoms with Crippen LogP contribution in [0.3, 0.4) is 0 Å². The van der Waals surface area contributed by atoms with Crippen molar-refractivity contribution in [1.29, 1.82) is 0 Å². The molecule has 1 aliphatic carbocycles. The highest BCUT2D eigenvalue weighted by Gasteiger charge is 2.14. The summed E-state index contributed by atoms with van der Waals surface area (Å²) in [5, 5.41) is 19.7. The maximum absolute atomic E-state index is 11.9. The number of amides is 2. The summed E-state index contributed by atoms with van der Waals surface area (Å²) in [4.78, 5) is 22.4. The molecular formula is C17H26N4O3. The minimum absolute atomic E-state index is 0.0384. The number of benzene rings is 1. The van der Waals surface area contributed by atoms with E-state index in [4.69, 9.17) is 0 Å². The summed E-state index contributed by atoms with van der Waals surface area (Å²) in [5.41, 5.74) is 0.501. The monoisotopic (exact) mass is 334 g/mol. The van der Waals surface area contributed by atoms with Crippen molar-refractivity contribution in [3.8, 4) is 0 Å². The van der Waals surface area contributed by atoms with Crippen LogP contribution in [0, 0.1) is 10.1 Å². The number of hydrogen-bond donors (Lipinski definition) is 3. The first-order valence-electron chi connectivity index (χ1n) is 8.68. The van der Waals surface area contributed by atoms with Gasteiger partial charge in [0.1, 0.15) is 5.69 Å². The molecule has 0 spiro atoms. The highest BCUT2D eigenvalue weighted by molar-refractivity contribution is 5.74. The van der Waals surface area contributed by atoms with Gasteiger partial charge in [0.25, 0.3) is 5.69 Å². The number of carbonyl (C=O) groups is 1. The van der Waals surface area contributed by atoms with Crippen LogP contribution in [-0.4, -0.2) is 30.1 Å². The molecule has 1 aliphatic rings. The van der Waals surface area contributed by atoms with Crippen LogP contribution in [0.4, 0.5) is 16.2 Å². The summed E-state index contributed by atoms with van der Waals surface area (Å²) in [7, 11) is 0. The fourth-order valence-corrected chi connectivity index (χ4v) is 2.99. The van der Waals surface area contributed by atoms with Crippen LogP contribution < -0.4 is 16.0 Å². The second-order valence-electron chi connectivity index (χ2n) is 6.14. The number of anilines is 1. The number of nitro groups is 1. The number of nitro benzene ring substituents is 1. The quantitative estimate of drug-likeness (QED) is 0.422. The van der Waals surface area contributed by atoms with E-state index in [1.807, 2.05) is 0 Å². The number of carbonyl (C=O) groups excluding carboxylic acids is 1. The van der Waals surface area contributed by atoms with Gasteiger partial charge in [0.05, 0.1) is 4.92 Å². The molecule has 0 atom stereocenters. The van der Waals surface area contributed by atoms with Crippen LogP contribution in [0.2, 0.25) is 0 Å². The predicted molar refractivity (Wildman–Crippen MR) is 94.2 cm³/mol. The zero-order valence-corrected chi connectivity index (χ0v) is 13.9. The standard InChI is InChI=1S/C17H26N4O3/c22-17(20-14-8-4-2-1-3-5-9-14)19-13-12-18-15-10-6-7-11-16(15)21(23)24/h6-7,10-11,14,18H,1-5,8-9,12-13H2,(H2,19,20,22). The molecule has 2 amide bonds. The Bertz CT molecular complexity index is 542. The van der Waals surface area contributed by atoms with Gasteiger partial charge in [0, 0.05) is 25.2 Å². The minimum atomic E-state index is -0.420. The third kappa shape index (κ3) is 6.06. The molecule has 2 rings (SSSR count). The van der Waals surface area contributed by atoms with Crippen molar-refractivity contribution in [3.63, 3.8) is 0 Å². The first-order valence-corrected chi connectivity index (χ1v) is 8.68. The maximum atomic E-state index is 11.9. The minimum Gasteiger partial charge on any atom is -0.378 e. The molecule has 0 bridgehead atoms. The molecule has 24 heavy (non-hydrogen) atoms. The molecule has 0 aliphatic heterocycles. The van der Waals surface area contributed by atoms with E-state index in [0.717, 1.165) is 12.8 Å². The zero-order valence-electron chi connectivity index (χ0n) is 13.9. The summed E-state index contributed by atoms with van der Waals surface area (Å²) in [6.45, 7) is 0.841.